The first-order valence-corrected chi connectivity index (χ1v) is 7.20. The summed E-state index contributed by atoms with van der Waals surface area (Å²) in [6.07, 6.45) is 4.16. The molecule has 0 unspecified atom stereocenters. The topological polar surface area (TPSA) is 56.2 Å². The highest BCUT2D eigenvalue weighted by molar-refractivity contribution is 5.91. The zero-order chi connectivity index (χ0) is 15.1. The van der Waals surface area contributed by atoms with E-state index < -0.39 is 0 Å². The van der Waals surface area contributed by atoms with Crippen molar-refractivity contribution < 1.29 is 9.53 Å². The Morgan fingerprint density at radius 1 is 1.38 bits per heavy atom. The quantitative estimate of drug-likeness (QED) is 0.851. The first-order chi connectivity index (χ1) is 10.2. The van der Waals surface area contributed by atoms with Gasteiger partial charge in [0, 0.05) is 18.7 Å². The van der Waals surface area contributed by atoms with Gasteiger partial charge in [0.05, 0.1) is 18.5 Å². The summed E-state index contributed by atoms with van der Waals surface area (Å²) < 4.78 is 7.38. The summed E-state index contributed by atoms with van der Waals surface area (Å²) in [5, 5.41) is 6.99. The van der Waals surface area contributed by atoms with Gasteiger partial charge in [0.1, 0.15) is 5.75 Å². The van der Waals surface area contributed by atoms with Gasteiger partial charge >= 0.3 is 0 Å². The number of nitrogens with one attached hydrogen (secondary N) is 1. The zero-order valence-electron chi connectivity index (χ0n) is 12.5. The lowest BCUT2D eigenvalue weighted by atomic mass is 10.1. The SMILES string of the molecule is CCn1cc(NC(=O)[C@@H](C)CCOc2ccccc2)cn1. The van der Waals surface area contributed by atoms with E-state index in [2.05, 4.69) is 10.4 Å². The summed E-state index contributed by atoms with van der Waals surface area (Å²) in [6.45, 7) is 5.21. The molecule has 0 aliphatic carbocycles. The molecule has 1 heterocycles. The van der Waals surface area contributed by atoms with Crippen molar-refractivity contribution in [2.75, 3.05) is 11.9 Å². The Bertz CT molecular complexity index is 566. The number of aryl methyl sites for hydroxylation is 1. The van der Waals surface area contributed by atoms with Crippen molar-refractivity contribution in [1.82, 2.24) is 9.78 Å². The molecule has 112 valence electrons. The van der Waals surface area contributed by atoms with E-state index in [9.17, 15) is 4.79 Å². The van der Waals surface area contributed by atoms with Crippen LogP contribution in [0.25, 0.3) is 0 Å². The normalized spacial score (nSPS) is 11.9. The molecule has 1 aromatic heterocycles. The summed E-state index contributed by atoms with van der Waals surface area (Å²) >= 11 is 0. The Morgan fingerprint density at radius 3 is 2.81 bits per heavy atom. The number of aromatic nitrogens is 2. The van der Waals surface area contributed by atoms with Gasteiger partial charge < -0.3 is 10.1 Å². The Hall–Kier alpha value is -2.30. The molecule has 1 amide bonds. The van der Waals surface area contributed by atoms with Gasteiger partial charge in [-0.1, -0.05) is 25.1 Å². The van der Waals surface area contributed by atoms with E-state index in [-0.39, 0.29) is 11.8 Å². The molecule has 5 nitrogen and oxygen atoms in total. The van der Waals surface area contributed by atoms with Crippen molar-refractivity contribution in [2.24, 2.45) is 5.92 Å². The molecule has 0 radical (unpaired) electrons. The fraction of sp³-hybridized carbons (Fsp3) is 0.375. The molecule has 0 saturated carbocycles. The van der Waals surface area contributed by atoms with E-state index in [1.165, 1.54) is 0 Å². The second-order valence-corrected chi connectivity index (χ2v) is 4.93. The minimum Gasteiger partial charge on any atom is -0.494 e. The number of hydrogen-bond donors (Lipinski definition) is 1. The third-order valence-electron chi connectivity index (χ3n) is 3.24. The Labute approximate surface area is 124 Å². The number of para-hydroxylation sites is 1. The number of carbonyl (C=O) groups is 1. The Kier molecular flexibility index (Phi) is 5.37. The van der Waals surface area contributed by atoms with Crippen LogP contribution in [0.4, 0.5) is 5.69 Å². The van der Waals surface area contributed by atoms with Crippen LogP contribution in [0.3, 0.4) is 0 Å². The Morgan fingerprint density at radius 2 is 2.14 bits per heavy atom. The summed E-state index contributed by atoms with van der Waals surface area (Å²) in [7, 11) is 0. The number of ether oxygens (including phenoxy) is 1. The minimum atomic E-state index is -0.112. The molecule has 0 bridgehead atoms. The van der Waals surface area contributed by atoms with Crippen LogP contribution in [-0.2, 0) is 11.3 Å². The molecule has 2 aromatic rings. The molecule has 1 N–H and O–H groups in total. The molecular weight excluding hydrogens is 266 g/mol. The van der Waals surface area contributed by atoms with E-state index in [1.54, 1.807) is 10.9 Å². The van der Waals surface area contributed by atoms with Crippen LogP contribution in [0.2, 0.25) is 0 Å². The maximum Gasteiger partial charge on any atom is 0.227 e. The van der Waals surface area contributed by atoms with Crippen molar-refractivity contribution in [2.45, 2.75) is 26.8 Å². The van der Waals surface area contributed by atoms with Crippen LogP contribution in [0.15, 0.2) is 42.7 Å². The second-order valence-electron chi connectivity index (χ2n) is 4.93. The average Bonchev–Trinajstić information content (AvgIpc) is 2.96. The van der Waals surface area contributed by atoms with Gasteiger partial charge in [0.25, 0.3) is 0 Å². The van der Waals surface area contributed by atoms with Crippen molar-refractivity contribution >= 4 is 11.6 Å². The van der Waals surface area contributed by atoms with E-state index in [1.807, 2.05) is 50.4 Å². The number of anilines is 1. The molecule has 1 aromatic carbocycles. The van der Waals surface area contributed by atoms with E-state index in [0.717, 1.165) is 18.0 Å². The van der Waals surface area contributed by atoms with Crippen LogP contribution in [-0.4, -0.2) is 22.3 Å². The first-order valence-electron chi connectivity index (χ1n) is 7.20. The fourth-order valence-corrected chi connectivity index (χ4v) is 1.87. The number of carbonyl (C=O) groups excluding carboxylic acids is 1. The highest BCUT2D eigenvalue weighted by atomic mass is 16.5. The lowest BCUT2D eigenvalue weighted by Gasteiger charge is -2.12. The molecule has 5 heteroatoms. The lowest BCUT2D eigenvalue weighted by molar-refractivity contribution is -0.119. The van der Waals surface area contributed by atoms with Gasteiger partial charge in [-0.25, -0.2) is 0 Å². The maximum atomic E-state index is 12.0. The predicted octanol–water partition coefficient (Wildman–Crippen LogP) is 2.95. The second kappa shape index (κ2) is 7.47. The van der Waals surface area contributed by atoms with E-state index >= 15 is 0 Å². The number of rotatable bonds is 7. The molecule has 0 fully saturated rings. The van der Waals surface area contributed by atoms with Crippen LogP contribution in [0.5, 0.6) is 5.75 Å². The van der Waals surface area contributed by atoms with Crippen molar-refractivity contribution in [1.29, 1.82) is 0 Å². The molecule has 0 spiro atoms. The number of benzene rings is 1. The molecule has 0 aliphatic rings. The van der Waals surface area contributed by atoms with Crippen molar-refractivity contribution in [3.8, 4) is 5.75 Å². The van der Waals surface area contributed by atoms with Gasteiger partial charge in [-0.2, -0.15) is 5.10 Å². The monoisotopic (exact) mass is 287 g/mol. The predicted molar refractivity (Wildman–Crippen MR) is 82.2 cm³/mol. The summed E-state index contributed by atoms with van der Waals surface area (Å²) in [5.41, 5.74) is 0.734. The molecule has 1 atom stereocenters. The van der Waals surface area contributed by atoms with Crippen LogP contribution < -0.4 is 10.1 Å². The molecule has 2 rings (SSSR count). The maximum absolute atomic E-state index is 12.0. The van der Waals surface area contributed by atoms with Gasteiger partial charge in [-0.3, -0.25) is 9.48 Å². The molecule has 0 aliphatic heterocycles. The zero-order valence-corrected chi connectivity index (χ0v) is 12.5. The van der Waals surface area contributed by atoms with Crippen molar-refractivity contribution in [3.63, 3.8) is 0 Å². The third-order valence-corrected chi connectivity index (χ3v) is 3.24. The molecule has 21 heavy (non-hydrogen) atoms. The van der Waals surface area contributed by atoms with E-state index in [4.69, 9.17) is 4.74 Å². The van der Waals surface area contributed by atoms with Gasteiger partial charge in [0.2, 0.25) is 5.91 Å². The average molecular weight is 287 g/mol. The fourth-order valence-electron chi connectivity index (χ4n) is 1.87. The van der Waals surface area contributed by atoms with Gasteiger partial charge in [0.15, 0.2) is 0 Å². The number of amides is 1. The Balaban J connectivity index is 1.74. The van der Waals surface area contributed by atoms with Crippen LogP contribution >= 0.6 is 0 Å². The first kappa shape index (κ1) is 15.1. The molecular formula is C16H21N3O2. The highest BCUT2D eigenvalue weighted by Gasteiger charge is 2.13. The van der Waals surface area contributed by atoms with Crippen molar-refractivity contribution in [3.05, 3.63) is 42.7 Å². The summed E-state index contributed by atoms with van der Waals surface area (Å²) in [4.78, 5) is 12.0. The summed E-state index contributed by atoms with van der Waals surface area (Å²) in [5.74, 6) is 0.704. The summed E-state index contributed by atoms with van der Waals surface area (Å²) in [6, 6.07) is 9.61. The third kappa shape index (κ3) is 4.63. The lowest BCUT2D eigenvalue weighted by Crippen LogP contribution is -2.22. The highest BCUT2D eigenvalue weighted by Crippen LogP contribution is 2.12. The van der Waals surface area contributed by atoms with E-state index in [0.29, 0.717) is 13.0 Å². The smallest absolute Gasteiger partial charge is 0.227 e. The number of nitrogens with zero attached hydrogens (tertiary/aromatic N) is 2. The van der Waals surface area contributed by atoms with Gasteiger partial charge in [-0.15, -0.1) is 0 Å². The van der Waals surface area contributed by atoms with Gasteiger partial charge in [-0.05, 0) is 25.5 Å². The standard InChI is InChI=1S/C16H21N3O2/c1-3-19-12-14(11-17-19)18-16(20)13(2)9-10-21-15-7-5-4-6-8-15/h4-8,11-13H,3,9-10H2,1-2H3,(H,18,20)/t13-/m0/s1. The van der Waals surface area contributed by atoms with Crippen LogP contribution in [0, 0.1) is 5.92 Å². The minimum absolute atomic E-state index is 0.0117. The largest absolute Gasteiger partial charge is 0.494 e. The number of hydrogen-bond acceptors (Lipinski definition) is 3. The molecule has 0 saturated heterocycles. The van der Waals surface area contributed by atoms with Crippen LogP contribution in [0.1, 0.15) is 20.3 Å².